The Labute approximate surface area is 114 Å². The van der Waals surface area contributed by atoms with Crippen LogP contribution in [0.5, 0.6) is 0 Å². The predicted octanol–water partition coefficient (Wildman–Crippen LogP) is 0.962. The molecule has 1 aromatic heterocycles. The van der Waals surface area contributed by atoms with Crippen molar-refractivity contribution in [2.45, 2.75) is 32.2 Å². The maximum absolute atomic E-state index is 12.2. The molecular weight excluding hydrogens is 240 g/mol. The minimum Gasteiger partial charge on any atom is -0.342 e. The van der Waals surface area contributed by atoms with E-state index < -0.39 is 0 Å². The van der Waals surface area contributed by atoms with Gasteiger partial charge in [-0.25, -0.2) is 0 Å². The monoisotopic (exact) mass is 262 g/mol. The van der Waals surface area contributed by atoms with Crippen LogP contribution in [-0.4, -0.2) is 58.4 Å². The van der Waals surface area contributed by atoms with Gasteiger partial charge in [-0.05, 0) is 19.4 Å². The van der Waals surface area contributed by atoms with E-state index >= 15 is 0 Å². The van der Waals surface area contributed by atoms with Crippen LogP contribution in [0.15, 0.2) is 18.6 Å². The Kier molecular flexibility index (Phi) is 4.85. The molecule has 0 aromatic carbocycles. The molecule has 1 amide bonds. The Morgan fingerprint density at radius 1 is 1.42 bits per heavy atom. The van der Waals surface area contributed by atoms with Gasteiger partial charge in [0, 0.05) is 44.8 Å². The first-order valence-electron chi connectivity index (χ1n) is 6.93. The molecule has 0 unspecified atom stereocenters. The largest absolute Gasteiger partial charge is 0.342 e. The third kappa shape index (κ3) is 3.73. The van der Waals surface area contributed by atoms with Crippen LogP contribution in [0, 0.1) is 0 Å². The first-order valence-corrected chi connectivity index (χ1v) is 6.93. The third-order valence-corrected chi connectivity index (χ3v) is 3.89. The number of carbonyl (C=O) groups is 1. The molecule has 0 aliphatic carbocycles. The highest BCUT2D eigenvalue weighted by Gasteiger charge is 2.24. The topological polar surface area (TPSA) is 49.3 Å². The van der Waals surface area contributed by atoms with E-state index in [0.29, 0.717) is 12.5 Å². The average Bonchev–Trinajstić information content (AvgIpc) is 2.47. The average molecular weight is 262 g/mol. The summed E-state index contributed by atoms with van der Waals surface area (Å²) in [4.78, 5) is 24.7. The molecule has 0 bridgehead atoms. The number of hydrogen-bond donors (Lipinski definition) is 0. The molecule has 1 aliphatic heterocycles. The van der Waals surface area contributed by atoms with Gasteiger partial charge < -0.3 is 9.80 Å². The fourth-order valence-electron chi connectivity index (χ4n) is 2.53. The van der Waals surface area contributed by atoms with Crippen LogP contribution in [-0.2, 0) is 11.2 Å². The second-order valence-electron chi connectivity index (χ2n) is 5.04. The minimum atomic E-state index is 0.135. The van der Waals surface area contributed by atoms with Crippen molar-refractivity contribution in [3.05, 3.63) is 24.3 Å². The Morgan fingerprint density at radius 2 is 2.16 bits per heavy atom. The second kappa shape index (κ2) is 6.61. The van der Waals surface area contributed by atoms with Gasteiger partial charge >= 0.3 is 0 Å². The number of piperidine rings is 1. The Bertz CT molecular complexity index is 401. The predicted molar refractivity (Wildman–Crippen MR) is 73.6 cm³/mol. The SMILES string of the molecule is CCN1CCC(N(C)C(=O)Cc2cnccn2)CC1. The number of aromatic nitrogens is 2. The smallest absolute Gasteiger partial charge is 0.228 e. The fraction of sp³-hybridized carbons (Fsp3) is 0.643. The molecule has 19 heavy (non-hydrogen) atoms. The molecule has 1 fully saturated rings. The summed E-state index contributed by atoms with van der Waals surface area (Å²) in [6.45, 7) is 5.46. The minimum absolute atomic E-state index is 0.135. The molecular formula is C14H22N4O. The van der Waals surface area contributed by atoms with Crippen LogP contribution in [0.3, 0.4) is 0 Å². The summed E-state index contributed by atoms with van der Waals surface area (Å²) in [6.07, 6.45) is 7.39. The van der Waals surface area contributed by atoms with Gasteiger partial charge in [0.05, 0.1) is 12.1 Å². The first-order chi connectivity index (χ1) is 9.20. The summed E-state index contributed by atoms with van der Waals surface area (Å²) in [7, 11) is 1.91. The summed E-state index contributed by atoms with van der Waals surface area (Å²) < 4.78 is 0. The van der Waals surface area contributed by atoms with Crippen LogP contribution >= 0.6 is 0 Å². The molecule has 5 heteroatoms. The quantitative estimate of drug-likeness (QED) is 0.811. The summed E-state index contributed by atoms with van der Waals surface area (Å²) in [5, 5.41) is 0. The van der Waals surface area contributed by atoms with Gasteiger partial charge in [0.15, 0.2) is 0 Å². The van der Waals surface area contributed by atoms with Crippen molar-refractivity contribution in [3.8, 4) is 0 Å². The lowest BCUT2D eigenvalue weighted by Gasteiger charge is -2.36. The molecule has 0 atom stereocenters. The molecule has 104 valence electrons. The van der Waals surface area contributed by atoms with Gasteiger partial charge in [-0.2, -0.15) is 0 Å². The van der Waals surface area contributed by atoms with E-state index in [1.807, 2.05) is 11.9 Å². The molecule has 2 rings (SSSR count). The van der Waals surface area contributed by atoms with Gasteiger partial charge in [-0.15, -0.1) is 0 Å². The zero-order valence-corrected chi connectivity index (χ0v) is 11.7. The maximum Gasteiger partial charge on any atom is 0.228 e. The van der Waals surface area contributed by atoms with E-state index in [2.05, 4.69) is 21.8 Å². The van der Waals surface area contributed by atoms with Crippen LogP contribution in [0.25, 0.3) is 0 Å². The highest BCUT2D eigenvalue weighted by Crippen LogP contribution is 2.15. The Balaban J connectivity index is 1.86. The van der Waals surface area contributed by atoms with Gasteiger partial charge in [0.25, 0.3) is 0 Å². The Hall–Kier alpha value is -1.49. The van der Waals surface area contributed by atoms with Crippen molar-refractivity contribution in [2.75, 3.05) is 26.7 Å². The summed E-state index contributed by atoms with van der Waals surface area (Å²) in [6, 6.07) is 0.368. The normalized spacial score (nSPS) is 17.4. The number of rotatable bonds is 4. The van der Waals surface area contributed by atoms with E-state index in [0.717, 1.165) is 38.2 Å². The van der Waals surface area contributed by atoms with Crippen molar-refractivity contribution in [2.24, 2.45) is 0 Å². The van der Waals surface area contributed by atoms with Crippen LogP contribution in [0.1, 0.15) is 25.5 Å². The van der Waals surface area contributed by atoms with Crippen molar-refractivity contribution in [1.29, 1.82) is 0 Å². The van der Waals surface area contributed by atoms with Crippen LogP contribution < -0.4 is 0 Å². The van der Waals surface area contributed by atoms with Crippen LogP contribution in [0.2, 0.25) is 0 Å². The zero-order valence-electron chi connectivity index (χ0n) is 11.7. The lowest BCUT2D eigenvalue weighted by atomic mass is 10.0. The molecule has 0 saturated carbocycles. The van der Waals surface area contributed by atoms with Crippen molar-refractivity contribution in [1.82, 2.24) is 19.8 Å². The lowest BCUT2D eigenvalue weighted by molar-refractivity contribution is -0.132. The molecule has 2 heterocycles. The maximum atomic E-state index is 12.2. The zero-order chi connectivity index (χ0) is 13.7. The van der Waals surface area contributed by atoms with Gasteiger partial charge in [0.2, 0.25) is 5.91 Å². The molecule has 0 spiro atoms. The molecule has 1 aliphatic rings. The molecule has 0 N–H and O–H groups in total. The van der Waals surface area contributed by atoms with E-state index in [4.69, 9.17) is 0 Å². The molecule has 5 nitrogen and oxygen atoms in total. The fourth-order valence-corrected chi connectivity index (χ4v) is 2.53. The summed E-state index contributed by atoms with van der Waals surface area (Å²) in [5.74, 6) is 0.135. The first kappa shape index (κ1) is 13.9. The molecule has 1 aromatic rings. The highest BCUT2D eigenvalue weighted by molar-refractivity contribution is 5.78. The number of hydrogen-bond acceptors (Lipinski definition) is 4. The Morgan fingerprint density at radius 3 is 2.74 bits per heavy atom. The van der Waals surface area contributed by atoms with Crippen molar-refractivity contribution >= 4 is 5.91 Å². The molecule has 0 radical (unpaired) electrons. The second-order valence-corrected chi connectivity index (χ2v) is 5.04. The third-order valence-electron chi connectivity index (χ3n) is 3.89. The molecule has 1 saturated heterocycles. The van der Waals surface area contributed by atoms with Gasteiger partial charge in [0.1, 0.15) is 0 Å². The number of carbonyl (C=O) groups excluding carboxylic acids is 1. The van der Waals surface area contributed by atoms with E-state index in [1.54, 1.807) is 18.6 Å². The van der Waals surface area contributed by atoms with Gasteiger partial charge in [-0.1, -0.05) is 6.92 Å². The summed E-state index contributed by atoms with van der Waals surface area (Å²) in [5.41, 5.74) is 0.741. The van der Waals surface area contributed by atoms with E-state index in [-0.39, 0.29) is 5.91 Å². The number of nitrogens with zero attached hydrogens (tertiary/aromatic N) is 4. The van der Waals surface area contributed by atoms with Crippen molar-refractivity contribution in [3.63, 3.8) is 0 Å². The van der Waals surface area contributed by atoms with Crippen molar-refractivity contribution < 1.29 is 4.79 Å². The summed E-state index contributed by atoms with van der Waals surface area (Å²) >= 11 is 0. The highest BCUT2D eigenvalue weighted by atomic mass is 16.2. The number of amides is 1. The van der Waals surface area contributed by atoms with Gasteiger partial charge in [-0.3, -0.25) is 14.8 Å². The van der Waals surface area contributed by atoms with E-state index in [9.17, 15) is 4.79 Å². The number of likely N-dealkylation sites (tertiary alicyclic amines) is 1. The van der Waals surface area contributed by atoms with E-state index in [1.165, 1.54) is 0 Å². The number of likely N-dealkylation sites (N-methyl/N-ethyl adjacent to an activating group) is 1. The van der Waals surface area contributed by atoms with Crippen LogP contribution in [0.4, 0.5) is 0 Å². The standard InChI is InChI=1S/C14H22N4O/c1-3-18-8-4-13(5-9-18)17(2)14(19)10-12-11-15-6-7-16-12/h6-7,11,13H,3-5,8-10H2,1-2H3. The lowest BCUT2D eigenvalue weighted by Crippen LogP contribution is -2.46.